The van der Waals surface area contributed by atoms with Crippen LogP contribution in [0.5, 0.6) is 5.75 Å². The Morgan fingerprint density at radius 2 is 1.61 bits per heavy atom. The van der Waals surface area contributed by atoms with Crippen LogP contribution in [-0.4, -0.2) is 11.5 Å². The van der Waals surface area contributed by atoms with Crippen LogP contribution in [0.2, 0.25) is 0 Å². The van der Waals surface area contributed by atoms with Crippen molar-refractivity contribution in [2.75, 3.05) is 5.32 Å². The quantitative estimate of drug-likeness (QED) is 0.643. The van der Waals surface area contributed by atoms with Crippen LogP contribution in [-0.2, 0) is 6.54 Å². The first kappa shape index (κ1) is 17.0. The van der Waals surface area contributed by atoms with E-state index in [1.165, 1.54) is 36.4 Å². The van der Waals surface area contributed by atoms with Gasteiger partial charge in [-0.1, -0.05) is 12.1 Å². The highest BCUT2D eigenvalue weighted by atomic mass is 32.1. The number of hydrogen-bond donors (Lipinski definition) is 2. The Labute approximate surface area is 135 Å². The molecule has 0 unspecified atom stereocenters. The molecule has 0 bridgehead atoms. The van der Waals surface area contributed by atoms with Crippen molar-refractivity contribution in [3.8, 4) is 5.75 Å². The number of thiocarbonyl (C=S) groups is 1. The zero-order chi connectivity index (χ0) is 16.9. The van der Waals surface area contributed by atoms with E-state index in [9.17, 15) is 17.6 Å². The van der Waals surface area contributed by atoms with Crippen LogP contribution in [0.1, 0.15) is 5.56 Å². The number of hydrogen-bond acceptors (Lipinski definition) is 2. The summed E-state index contributed by atoms with van der Waals surface area (Å²) in [5, 5.41) is 6.02. The summed E-state index contributed by atoms with van der Waals surface area (Å²) < 4.78 is 52.7. The summed E-state index contributed by atoms with van der Waals surface area (Å²) in [6.45, 7) is 0.390. The molecule has 23 heavy (non-hydrogen) atoms. The molecule has 0 amide bonds. The molecule has 122 valence electrons. The molecule has 0 aliphatic heterocycles. The summed E-state index contributed by atoms with van der Waals surface area (Å²) in [6.07, 6.45) is -4.72. The summed E-state index contributed by atoms with van der Waals surface area (Å²) in [5.74, 6) is -0.635. The Hall–Kier alpha value is -2.35. The second-order valence-electron chi connectivity index (χ2n) is 4.51. The molecule has 0 saturated carbocycles. The molecule has 2 aromatic rings. The minimum atomic E-state index is -4.72. The summed E-state index contributed by atoms with van der Waals surface area (Å²) in [6, 6.07) is 11.1. The van der Waals surface area contributed by atoms with Crippen LogP contribution < -0.4 is 15.4 Å². The number of alkyl halides is 3. The van der Waals surface area contributed by atoms with E-state index in [1.807, 2.05) is 0 Å². The summed E-state index contributed by atoms with van der Waals surface area (Å²) in [7, 11) is 0. The molecule has 0 aliphatic carbocycles. The van der Waals surface area contributed by atoms with E-state index in [2.05, 4.69) is 15.4 Å². The fourth-order valence-electron chi connectivity index (χ4n) is 1.70. The Kier molecular flexibility index (Phi) is 5.38. The molecular weight excluding hydrogens is 332 g/mol. The average molecular weight is 344 g/mol. The van der Waals surface area contributed by atoms with E-state index in [1.54, 1.807) is 12.1 Å². The van der Waals surface area contributed by atoms with Gasteiger partial charge in [0.25, 0.3) is 0 Å². The molecule has 0 atom stereocenters. The zero-order valence-electron chi connectivity index (χ0n) is 11.7. The molecule has 8 heteroatoms. The van der Waals surface area contributed by atoms with Gasteiger partial charge in [0.15, 0.2) is 5.11 Å². The third-order valence-electron chi connectivity index (χ3n) is 2.71. The van der Waals surface area contributed by atoms with Crippen molar-refractivity contribution < 1.29 is 22.3 Å². The minimum Gasteiger partial charge on any atom is -0.406 e. The van der Waals surface area contributed by atoms with E-state index in [-0.39, 0.29) is 11.6 Å². The molecule has 0 aromatic heterocycles. The van der Waals surface area contributed by atoms with Crippen molar-refractivity contribution in [1.82, 2.24) is 5.32 Å². The largest absolute Gasteiger partial charge is 0.573 e. The van der Waals surface area contributed by atoms with Gasteiger partial charge in [-0.3, -0.25) is 0 Å². The van der Waals surface area contributed by atoms with Crippen LogP contribution in [0.25, 0.3) is 0 Å². The van der Waals surface area contributed by atoms with Crippen LogP contribution in [0.3, 0.4) is 0 Å². The molecule has 0 radical (unpaired) electrons. The van der Waals surface area contributed by atoms with Crippen LogP contribution in [0.4, 0.5) is 23.2 Å². The fourth-order valence-corrected chi connectivity index (χ4v) is 1.89. The molecule has 0 fully saturated rings. The van der Waals surface area contributed by atoms with Crippen molar-refractivity contribution >= 4 is 23.0 Å². The molecular formula is C15H12F4N2OS. The highest BCUT2D eigenvalue weighted by Crippen LogP contribution is 2.23. The first-order valence-electron chi connectivity index (χ1n) is 6.47. The van der Waals surface area contributed by atoms with Crippen LogP contribution in [0, 0.1) is 5.82 Å². The maximum atomic E-state index is 12.8. The first-order chi connectivity index (χ1) is 10.8. The third kappa shape index (κ3) is 6.11. The molecule has 2 aromatic carbocycles. The SMILES string of the molecule is Fc1ccc(CNC(=S)Nc2ccc(OC(F)(F)F)cc2)cc1. The van der Waals surface area contributed by atoms with Crippen LogP contribution >= 0.6 is 12.2 Å². The van der Waals surface area contributed by atoms with Crippen molar-refractivity contribution in [3.05, 3.63) is 59.9 Å². The van der Waals surface area contributed by atoms with Gasteiger partial charge in [-0.2, -0.15) is 0 Å². The molecule has 0 aliphatic rings. The van der Waals surface area contributed by atoms with Gasteiger partial charge in [-0.15, -0.1) is 13.2 Å². The van der Waals surface area contributed by atoms with Crippen molar-refractivity contribution in [2.24, 2.45) is 0 Å². The fraction of sp³-hybridized carbons (Fsp3) is 0.133. The second-order valence-corrected chi connectivity index (χ2v) is 4.91. The Balaban J connectivity index is 1.84. The normalized spacial score (nSPS) is 11.0. The minimum absolute atomic E-state index is 0.291. The third-order valence-corrected chi connectivity index (χ3v) is 2.96. The maximum Gasteiger partial charge on any atom is 0.573 e. The smallest absolute Gasteiger partial charge is 0.406 e. The second kappa shape index (κ2) is 7.28. The molecule has 0 heterocycles. The highest BCUT2D eigenvalue weighted by Gasteiger charge is 2.30. The molecule has 0 spiro atoms. The molecule has 0 saturated heterocycles. The number of anilines is 1. The van der Waals surface area contributed by atoms with Gasteiger partial charge >= 0.3 is 6.36 Å². The van der Waals surface area contributed by atoms with Crippen molar-refractivity contribution in [2.45, 2.75) is 12.9 Å². The monoisotopic (exact) mass is 344 g/mol. The lowest BCUT2D eigenvalue weighted by Gasteiger charge is -2.12. The van der Waals surface area contributed by atoms with E-state index in [0.717, 1.165) is 5.56 Å². The predicted octanol–water partition coefficient (Wildman–Crippen LogP) is 4.21. The van der Waals surface area contributed by atoms with E-state index < -0.39 is 6.36 Å². The Morgan fingerprint density at radius 1 is 1.00 bits per heavy atom. The lowest BCUT2D eigenvalue weighted by Crippen LogP contribution is -2.27. The van der Waals surface area contributed by atoms with E-state index >= 15 is 0 Å². The van der Waals surface area contributed by atoms with Gasteiger partial charge in [0.1, 0.15) is 11.6 Å². The van der Waals surface area contributed by atoms with Gasteiger partial charge < -0.3 is 15.4 Å². The van der Waals surface area contributed by atoms with E-state index in [0.29, 0.717) is 17.3 Å². The summed E-state index contributed by atoms with van der Waals surface area (Å²) in [5.41, 5.74) is 1.35. The van der Waals surface area contributed by atoms with Crippen molar-refractivity contribution in [3.63, 3.8) is 0 Å². The highest BCUT2D eigenvalue weighted by molar-refractivity contribution is 7.80. The van der Waals surface area contributed by atoms with Crippen LogP contribution in [0.15, 0.2) is 48.5 Å². The van der Waals surface area contributed by atoms with Gasteiger partial charge in [0.2, 0.25) is 0 Å². The van der Waals surface area contributed by atoms with Gasteiger partial charge in [-0.25, -0.2) is 4.39 Å². The standard InChI is InChI=1S/C15H12F4N2OS/c16-11-3-1-10(2-4-11)9-20-14(23)21-12-5-7-13(8-6-12)22-15(17,18)19/h1-8H,9H2,(H2,20,21,23). The lowest BCUT2D eigenvalue weighted by molar-refractivity contribution is -0.274. The number of halogens is 4. The Morgan fingerprint density at radius 3 is 2.17 bits per heavy atom. The van der Waals surface area contributed by atoms with Gasteiger partial charge in [0.05, 0.1) is 0 Å². The molecule has 2 N–H and O–H groups in total. The number of benzene rings is 2. The predicted molar refractivity (Wildman–Crippen MR) is 82.6 cm³/mol. The Bertz CT molecular complexity index is 657. The molecule has 3 nitrogen and oxygen atoms in total. The number of nitrogens with one attached hydrogen (secondary N) is 2. The molecule has 2 rings (SSSR count). The zero-order valence-corrected chi connectivity index (χ0v) is 12.5. The van der Waals surface area contributed by atoms with Gasteiger partial charge in [-0.05, 0) is 54.2 Å². The summed E-state index contributed by atoms with van der Waals surface area (Å²) >= 11 is 5.07. The van der Waals surface area contributed by atoms with Crippen molar-refractivity contribution in [1.29, 1.82) is 0 Å². The topological polar surface area (TPSA) is 33.3 Å². The van der Waals surface area contributed by atoms with E-state index in [4.69, 9.17) is 12.2 Å². The number of rotatable bonds is 4. The van der Waals surface area contributed by atoms with Gasteiger partial charge in [0, 0.05) is 12.2 Å². The summed E-state index contributed by atoms with van der Waals surface area (Å²) in [4.78, 5) is 0. The maximum absolute atomic E-state index is 12.8. The number of ether oxygens (including phenoxy) is 1. The first-order valence-corrected chi connectivity index (χ1v) is 6.88. The average Bonchev–Trinajstić information content (AvgIpc) is 2.47. The lowest BCUT2D eigenvalue weighted by atomic mass is 10.2.